The lowest BCUT2D eigenvalue weighted by Gasteiger charge is -2.36. The molecule has 0 radical (unpaired) electrons. The largest absolute Gasteiger partial charge is 0.493 e. The molecule has 0 fully saturated rings. The number of ether oxygens (including phenoxy) is 3. The fourth-order valence-corrected chi connectivity index (χ4v) is 3.66. The zero-order chi connectivity index (χ0) is 20.8. The monoisotopic (exact) mass is 398 g/mol. The molecule has 3 rings (SSSR count). The molecule has 7 heteroatoms. The highest BCUT2D eigenvalue weighted by Gasteiger charge is 2.32. The Bertz CT molecular complexity index is 869. The number of carbonyl (C=O) groups excluding carboxylic acids is 2. The number of para-hydroxylation sites is 1. The third kappa shape index (κ3) is 4.86. The number of anilines is 1. The van der Waals surface area contributed by atoms with Gasteiger partial charge in [0.05, 0.1) is 34.3 Å². The van der Waals surface area contributed by atoms with E-state index in [1.807, 2.05) is 47.4 Å². The molecular weight excluding hydrogens is 372 g/mol. The van der Waals surface area contributed by atoms with Gasteiger partial charge in [-0.3, -0.25) is 14.5 Å². The molecule has 0 saturated heterocycles. The molecule has 0 aliphatic carbocycles. The first-order valence-corrected chi connectivity index (χ1v) is 9.46. The SMILES string of the molecule is COC(=O)C[C@H]1c2cc(OC)c(OC)cc2CCN1CC(=O)Nc1ccccc1. The Hall–Kier alpha value is -3.06. The number of benzene rings is 2. The maximum absolute atomic E-state index is 12.6. The highest BCUT2D eigenvalue weighted by Crippen LogP contribution is 2.39. The summed E-state index contributed by atoms with van der Waals surface area (Å²) in [6.07, 6.45) is 0.892. The number of nitrogens with one attached hydrogen (secondary N) is 1. The highest BCUT2D eigenvalue weighted by molar-refractivity contribution is 5.92. The normalized spacial score (nSPS) is 15.9. The zero-order valence-electron chi connectivity index (χ0n) is 16.9. The van der Waals surface area contributed by atoms with Crippen LogP contribution in [0, 0.1) is 0 Å². The maximum atomic E-state index is 12.6. The van der Waals surface area contributed by atoms with E-state index in [1.54, 1.807) is 14.2 Å². The zero-order valence-corrected chi connectivity index (χ0v) is 16.9. The van der Waals surface area contributed by atoms with Crippen molar-refractivity contribution in [1.82, 2.24) is 4.90 Å². The summed E-state index contributed by atoms with van der Waals surface area (Å²) in [6.45, 7) is 0.816. The number of hydrogen-bond acceptors (Lipinski definition) is 6. The van der Waals surface area contributed by atoms with Crippen molar-refractivity contribution in [1.29, 1.82) is 0 Å². The molecule has 29 heavy (non-hydrogen) atoms. The van der Waals surface area contributed by atoms with Crippen molar-refractivity contribution in [2.24, 2.45) is 0 Å². The van der Waals surface area contributed by atoms with E-state index >= 15 is 0 Å². The van der Waals surface area contributed by atoms with E-state index in [-0.39, 0.29) is 30.9 Å². The van der Waals surface area contributed by atoms with Crippen LogP contribution in [0.15, 0.2) is 42.5 Å². The van der Waals surface area contributed by atoms with Crippen molar-refractivity contribution < 1.29 is 23.8 Å². The minimum Gasteiger partial charge on any atom is -0.493 e. The summed E-state index contributed by atoms with van der Waals surface area (Å²) in [6, 6.07) is 12.9. The van der Waals surface area contributed by atoms with Gasteiger partial charge in [-0.2, -0.15) is 0 Å². The molecule has 1 aliphatic rings. The first kappa shape index (κ1) is 20.7. The second-order valence-corrected chi connectivity index (χ2v) is 6.84. The summed E-state index contributed by atoms with van der Waals surface area (Å²) < 4.78 is 15.7. The Balaban J connectivity index is 1.85. The summed E-state index contributed by atoms with van der Waals surface area (Å²) in [5.41, 5.74) is 2.77. The summed E-state index contributed by atoms with van der Waals surface area (Å²) >= 11 is 0. The fourth-order valence-electron chi connectivity index (χ4n) is 3.66. The third-order valence-corrected chi connectivity index (χ3v) is 5.11. The summed E-state index contributed by atoms with van der Waals surface area (Å²) in [5, 5.41) is 2.90. The van der Waals surface area contributed by atoms with Crippen LogP contribution in [0.25, 0.3) is 0 Å². The van der Waals surface area contributed by atoms with Crippen LogP contribution in [-0.2, 0) is 20.7 Å². The lowest BCUT2D eigenvalue weighted by atomic mass is 9.90. The lowest BCUT2D eigenvalue weighted by Crippen LogP contribution is -2.41. The van der Waals surface area contributed by atoms with Gasteiger partial charge in [-0.15, -0.1) is 0 Å². The van der Waals surface area contributed by atoms with Crippen LogP contribution in [0.1, 0.15) is 23.6 Å². The van der Waals surface area contributed by atoms with Gasteiger partial charge in [-0.25, -0.2) is 0 Å². The maximum Gasteiger partial charge on any atom is 0.307 e. The van der Waals surface area contributed by atoms with Crippen molar-refractivity contribution in [2.45, 2.75) is 18.9 Å². The molecule has 0 bridgehead atoms. The number of nitrogens with zero attached hydrogens (tertiary/aromatic N) is 1. The number of carbonyl (C=O) groups is 2. The van der Waals surface area contributed by atoms with Crippen LogP contribution in [0.5, 0.6) is 11.5 Å². The lowest BCUT2D eigenvalue weighted by molar-refractivity contribution is -0.142. The van der Waals surface area contributed by atoms with Crippen LogP contribution >= 0.6 is 0 Å². The molecule has 1 aliphatic heterocycles. The van der Waals surface area contributed by atoms with E-state index in [1.165, 1.54) is 7.11 Å². The number of methoxy groups -OCH3 is 3. The van der Waals surface area contributed by atoms with Gasteiger partial charge in [0.2, 0.25) is 5.91 Å². The Labute approximate surface area is 170 Å². The molecule has 154 valence electrons. The van der Waals surface area contributed by atoms with Crippen molar-refractivity contribution in [2.75, 3.05) is 39.7 Å². The van der Waals surface area contributed by atoms with Gasteiger partial charge in [0.25, 0.3) is 0 Å². The van der Waals surface area contributed by atoms with E-state index in [0.717, 1.165) is 23.2 Å². The number of esters is 1. The van der Waals surface area contributed by atoms with Gasteiger partial charge < -0.3 is 19.5 Å². The van der Waals surface area contributed by atoms with Crippen molar-refractivity contribution in [3.8, 4) is 11.5 Å². The summed E-state index contributed by atoms with van der Waals surface area (Å²) in [5.74, 6) is 0.788. The van der Waals surface area contributed by atoms with E-state index < -0.39 is 0 Å². The van der Waals surface area contributed by atoms with Crippen molar-refractivity contribution in [3.63, 3.8) is 0 Å². The van der Waals surface area contributed by atoms with Gasteiger partial charge in [0, 0.05) is 18.3 Å². The Kier molecular flexibility index (Phi) is 6.72. The number of rotatable bonds is 7. The van der Waals surface area contributed by atoms with E-state index in [0.29, 0.717) is 18.0 Å². The van der Waals surface area contributed by atoms with Crippen molar-refractivity contribution in [3.05, 3.63) is 53.6 Å². The topological polar surface area (TPSA) is 77.1 Å². The van der Waals surface area contributed by atoms with Crippen LogP contribution in [0.4, 0.5) is 5.69 Å². The quantitative estimate of drug-likeness (QED) is 0.723. The van der Waals surface area contributed by atoms with E-state index in [9.17, 15) is 9.59 Å². The predicted octanol–water partition coefficient (Wildman–Crippen LogP) is 2.80. The second-order valence-electron chi connectivity index (χ2n) is 6.84. The minimum absolute atomic E-state index is 0.130. The number of amides is 1. The molecule has 0 saturated carbocycles. The van der Waals surface area contributed by atoms with E-state index in [2.05, 4.69) is 5.32 Å². The smallest absolute Gasteiger partial charge is 0.307 e. The minimum atomic E-state index is -0.328. The number of fused-ring (bicyclic) bond motifs is 1. The highest BCUT2D eigenvalue weighted by atomic mass is 16.5. The molecule has 1 heterocycles. The third-order valence-electron chi connectivity index (χ3n) is 5.11. The molecule has 1 N–H and O–H groups in total. The first-order valence-electron chi connectivity index (χ1n) is 9.46. The predicted molar refractivity (Wildman–Crippen MR) is 109 cm³/mol. The standard InChI is InChI=1S/C22H26N2O5/c1-27-19-11-15-9-10-24(14-21(25)23-16-7-5-4-6-8-16)18(13-22(26)29-3)17(15)12-20(19)28-2/h4-8,11-12,18H,9-10,13-14H2,1-3H3,(H,23,25)/t18-/m0/s1. The molecule has 0 aromatic heterocycles. The molecule has 1 atom stereocenters. The molecule has 1 amide bonds. The van der Waals surface area contributed by atoms with Gasteiger partial charge in [-0.05, 0) is 41.8 Å². The van der Waals surface area contributed by atoms with Gasteiger partial charge >= 0.3 is 5.97 Å². The molecule has 2 aromatic carbocycles. The van der Waals surface area contributed by atoms with Gasteiger partial charge in [0.15, 0.2) is 11.5 Å². The van der Waals surface area contributed by atoms with Crippen LogP contribution in [-0.4, -0.2) is 51.2 Å². The fraction of sp³-hybridized carbons (Fsp3) is 0.364. The second kappa shape index (κ2) is 9.43. The van der Waals surface area contributed by atoms with Crippen molar-refractivity contribution >= 4 is 17.6 Å². The molecule has 7 nitrogen and oxygen atoms in total. The molecular formula is C22H26N2O5. The molecule has 0 spiro atoms. The van der Waals surface area contributed by atoms with Crippen LogP contribution < -0.4 is 14.8 Å². The Morgan fingerprint density at radius 1 is 1.07 bits per heavy atom. The Morgan fingerprint density at radius 3 is 2.41 bits per heavy atom. The summed E-state index contributed by atoms with van der Waals surface area (Å²) in [4.78, 5) is 26.7. The molecule has 0 unspecified atom stereocenters. The van der Waals surface area contributed by atoms with Crippen LogP contribution in [0.2, 0.25) is 0 Å². The molecule has 2 aromatic rings. The average molecular weight is 398 g/mol. The summed E-state index contributed by atoms with van der Waals surface area (Å²) in [7, 11) is 4.54. The van der Waals surface area contributed by atoms with Gasteiger partial charge in [0.1, 0.15) is 0 Å². The van der Waals surface area contributed by atoms with Gasteiger partial charge in [-0.1, -0.05) is 18.2 Å². The van der Waals surface area contributed by atoms with E-state index in [4.69, 9.17) is 14.2 Å². The van der Waals surface area contributed by atoms with Crippen LogP contribution in [0.3, 0.4) is 0 Å². The first-order chi connectivity index (χ1) is 14.0. The average Bonchev–Trinajstić information content (AvgIpc) is 2.74. The number of hydrogen-bond donors (Lipinski definition) is 1. The Morgan fingerprint density at radius 2 is 1.76 bits per heavy atom.